The van der Waals surface area contributed by atoms with Crippen molar-refractivity contribution >= 4 is 15.9 Å². The summed E-state index contributed by atoms with van der Waals surface area (Å²) in [4.78, 5) is 11.2. The Labute approximate surface area is 76.9 Å². The zero-order chi connectivity index (χ0) is 10.2. The van der Waals surface area contributed by atoms with E-state index in [-0.39, 0.29) is 10.5 Å². The smallest absolute Gasteiger partial charge is 0.268 e. The van der Waals surface area contributed by atoms with Crippen LogP contribution in [0.3, 0.4) is 0 Å². The Morgan fingerprint density at radius 3 is 2.15 bits per heavy atom. The molecule has 0 aromatic rings. The van der Waals surface area contributed by atoms with E-state index in [4.69, 9.17) is 0 Å². The molecule has 1 aliphatic rings. The van der Waals surface area contributed by atoms with Gasteiger partial charge in [0.05, 0.1) is 10.5 Å². The molecule has 1 heterocycles. The van der Waals surface area contributed by atoms with Crippen molar-refractivity contribution in [3.8, 4) is 0 Å². The van der Waals surface area contributed by atoms with E-state index in [2.05, 4.69) is 13.2 Å². The van der Waals surface area contributed by atoms with Crippen LogP contribution in [-0.2, 0) is 14.8 Å². The van der Waals surface area contributed by atoms with Gasteiger partial charge >= 0.3 is 0 Å². The van der Waals surface area contributed by atoms with Crippen molar-refractivity contribution in [2.45, 2.75) is 0 Å². The quantitative estimate of drug-likeness (QED) is 0.647. The van der Waals surface area contributed by atoms with Crippen LogP contribution >= 0.6 is 0 Å². The molecule has 1 rings (SSSR count). The number of carbonyl (C=O) groups is 1. The maximum Gasteiger partial charge on any atom is 0.268 e. The Bertz CT molecular complexity index is 417. The summed E-state index contributed by atoms with van der Waals surface area (Å²) in [5.41, 5.74) is 0.0810. The van der Waals surface area contributed by atoms with E-state index in [0.717, 1.165) is 6.08 Å². The summed E-state index contributed by atoms with van der Waals surface area (Å²) < 4.78 is 23.5. The van der Waals surface area contributed by atoms with Crippen molar-refractivity contribution in [3.05, 3.63) is 35.8 Å². The molecule has 0 atom stereocenters. The molecule has 0 fully saturated rings. The van der Waals surface area contributed by atoms with E-state index >= 15 is 0 Å². The van der Waals surface area contributed by atoms with Crippen LogP contribution in [0.1, 0.15) is 0 Å². The zero-order valence-corrected chi connectivity index (χ0v) is 7.97. The number of amides is 1. The molecule has 0 aromatic carbocycles. The van der Waals surface area contributed by atoms with E-state index in [1.165, 1.54) is 13.1 Å². The second-order valence-corrected chi connectivity index (χ2v) is 4.40. The van der Waals surface area contributed by atoms with Crippen LogP contribution in [0.15, 0.2) is 35.8 Å². The lowest BCUT2D eigenvalue weighted by molar-refractivity contribution is -0.121. The summed E-state index contributed by atoms with van der Waals surface area (Å²) in [6.45, 7) is 6.72. The minimum Gasteiger partial charge on any atom is -0.268 e. The first-order valence-electron chi connectivity index (χ1n) is 3.49. The van der Waals surface area contributed by atoms with Gasteiger partial charge in [-0.05, 0) is 6.08 Å². The summed E-state index contributed by atoms with van der Waals surface area (Å²) in [6.07, 6.45) is 2.37. The minimum absolute atomic E-state index is 0.0741. The van der Waals surface area contributed by atoms with Crippen molar-refractivity contribution in [3.63, 3.8) is 0 Å². The van der Waals surface area contributed by atoms with Crippen LogP contribution in [0.5, 0.6) is 0 Å². The van der Waals surface area contributed by atoms with Crippen LogP contribution < -0.4 is 0 Å². The summed E-state index contributed by atoms with van der Waals surface area (Å²) in [6, 6.07) is 0. The number of hydrogen-bond donors (Lipinski definition) is 0. The molecule has 0 saturated carbocycles. The Morgan fingerprint density at radius 2 is 1.85 bits per heavy atom. The first kappa shape index (κ1) is 9.73. The number of allylic oxidation sites excluding steroid dienone is 1. The predicted molar refractivity (Wildman–Crippen MR) is 49.1 cm³/mol. The Morgan fingerprint density at radius 1 is 1.31 bits per heavy atom. The average Bonchev–Trinajstić information content (AvgIpc) is 2.25. The number of rotatable bonds is 2. The van der Waals surface area contributed by atoms with Crippen LogP contribution in [-0.4, -0.2) is 25.7 Å². The summed E-state index contributed by atoms with van der Waals surface area (Å²) in [5.74, 6) is -0.565. The molecule has 13 heavy (non-hydrogen) atoms. The normalized spacial score (nSPS) is 20.7. The average molecular weight is 199 g/mol. The standard InChI is InChI=1S/C8H9NO3S/c1-4-6-7(5-2)13(11,12)9(3)8(6)10/h4-5H,1-2H2,3H3. The van der Waals surface area contributed by atoms with Gasteiger partial charge in [0.25, 0.3) is 15.9 Å². The van der Waals surface area contributed by atoms with E-state index in [1.807, 2.05) is 0 Å². The van der Waals surface area contributed by atoms with Gasteiger partial charge in [0.15, 0.2) is 0 Å². The Kier molecular flexibility index (Phi) is 2.13. The zero-order valence-electron chi connectivity index (χ0n) is 7.15. The van der Waals surface area contributed by atoms with Crippen molar-refractivity contribution in [2.24, 2.45) is 0 Å². The van der Waals surface area contributed by atoms with E-state index < -0.39 is 15.9 Å². The van der Waals surface area contributed by atoms with Crippen molar-refractivity contribution < 1.29 is 13.2 Å². The van der Waals surface area contributed by atoms with Gasteiger partial charge in [0, 0.05) is 7.05 Å². The second-order valence-electron chi connectivity index (χ2n) is 2.46. The third-order valence-electron chi connectivity index (χ3n) is 1.81. The maximum absolute atomic E-state index is 11.4. The molecule has 0 aromatic heterocycles. The molecule has 4 nitrogen and oxygen atoms in total. The molecule has 1 amide bonds. The molecular formula is C8H9NO3S. The van der Waals surface area contributed by atoms with Gasteiger partial charge in [-0.3, -0.25) is 4.79 Å². The van der Waals surface area contributed by atoms with Gasteiger partial charge in [0.1, 0.15) is 0 Å². The molecule has 0 spiro atoms. The fraction of sp³-hybridized carbons (Fsp3) is 0.125. The Hall–Kier alpha value is -1.36. The van der Waals surface area contributed by atoms with E-state index in [9.17, 15) is 13.2 Å². The lowest BCUT2D eigenvalue weighted by Crippen LogP contribution is -2.26. The SMILES string of the molecule is C=CC1=C(C=C)S(=O)(=O)N(C)C1=O. The molecule has 0 unspecified atom stereocenters. The highest BCUT2D eigenvalue weighted by Crippen LogP contribution is 2.27. The van der Waals surface area contributed by atoms with Gasteiger partial charge in [0.2, 0.25) is 0 Å². The second kappa shape index (κ2) is 2.85. The highest BCUT2D eigenvalue weighted by molar-refractivity contribution is 7.94. The molecule has 1 aliphatic heterocycles. The van der Waals surface area contributed by atoms with Gasteiger partial charge in [-0.2, -0.15) is 0 Å². The van der Waals surface area contributed by atoms with Gasteiger partial charge < -0.3 is 0 Å². The van der Waals surface area contributed by atoms with Crippen molar-refractivity contribution in [1.29, 1.82) is 0 Å². The largest absolute Gasteiger partial charge is 0.268 e. The first-order valence-corrected chi connectivity index (χ1v) is 4.93. The molecule has 5 heteroatoms. The third kappa shape index (κ3) is 1.12. The number of sulfonamides is 1. The lowest BCUT2D eigenvalue weighted by atomic mass is 10.2. The van der Waals surface area contributed by atoms with Crippen molar-refractivity contribution in [2.75, 3.05) is 7.05 Å². The van der Waals surface area contributed by atoms with Gasteiger partial charge in [-0.25, -0.2) is 12.7 Å². The van der Waals surface area contributed by atoms with E-state index in [0.29, 0.717) is 4.31 Å². The highest BCUT2D eigenvalue weighted by Gasteiger charge is 2.37. The predicted octanol–water partition coefficient (Wildman–Crippen LogP) is 0.414. The van der Waals surface area contributed by atoms with Gasteiger partial charge in [-0.1, -0.05) is 19.2 Å². The number of likely N-dealkylation sites (N-methyl/N-ethyl adjacent to an activating group) is 1. The number of carbonyl (C=O) groups excluding carboxylic acids is 1. The molecular weight excluding hydrogens is 190 g/mol. The molecule has 0 saturated heterocycles. The molecule has 70 valence electrons. The van der Waals surface area contributed by atoms with Gasteiger partial charge in [-0.15, -0.1) is 0 Å². The fourth-order valence-electron chi connectivity index (χ4n) is 1.07. The van der Waals surface area contributed by atoms with Crippen molar-refractivity contribution in [1.82, 2.24) is 4.31 Å². The summed E-state index contributed by atoms with van der Waals surface area (Å²) in [7, 11) is -2.45. The molecule has 0 N–H and O–H groups in total. The highest BCUT2D eigenvalue weighted by atomic mass is 32.2. The third-order valence-corrected chi connectivity index (χ3v) is 3.64. The van der Waals surface area contributed by atoms with E-state index in [1.54, 1.807) is 0 Å². The number of nitrogens with zero attached hydrogens (tertiary/aromatic N) is 1. The summed E-state index contributed by atoms with van der Waals surface area (Å²) >= 11 is 0. The molecule has 0 bridgehead atoms. The minimum atomic E-state index is -3.65. The molecule has 0 radical (unpaired) electrons. The number of hydrogen-bond acceptors (Lipinski definition) is 3. The maximum atomic E-state index is 11.4. The van der Waals surface area contributed by atoms with Crippen LogP contribution in [0.25, 0.3) is 0 Å². The molecule has 0 aliphatic carbocycles. The fourth-order valence-corrected chi connectivity index (χ4v) is 2.34. The van der Waals surface area contributed by atoms with Crippen LogP contribution in [0.2, 0.25) is 0 Å². The van der Waals surface area contributed by atoms with Crippen LogP contribution in [0, 0.1) is 0 Å². The topological polar surface area (TPSA) is 54.5 Å². The van der Waals surface area contributed by atoms with Crippen LogP contribution in [0.4, 0.5) is 0 Å². The monoisotopic (exact) mass is 199 g/mol. The summed E-state index contributed by atoms with van der Waals surface area (Å²) in [5, 5.41) is 0. The lowest BCUT2D eigenvalue weighted by Gasteiger charge is -2.07. The first-order chi connectivity index (χ1) is 5.96. The Balaban J connectivity index is 3.53.